The van der Waals surface area contributed by atoms with Gasteiger partial charge in [0.05, 0.1) is 5.69 Å². The van der Waals surface area contributed by atoms with E-state index in [1.807, 2.05) is 36.4 Å². The standard InChI is InChI=1S/C20H13FN2O2/c21-13-6-8-14(9-7-13)23-20-17(19(22)24)11-16-15-4-2-1-3-12(15)5-10-18(16)25-20/h1-11H,(H2,22,24). The zero-order valence-electron chi connectivity index (χ0n) is 13.1. The number of benzene rings is 3. The summed E-state index contributed by atoms with van der Waals surface area (Å²) in [6, 6.07) is 18.8. The van der Waals surface area contributed by atoms with Crippen molar-refractivity contribution in [2.75, 3.05) is 0 Å². The molecule has 0 fully saturated rings. The maximum Gasteiger partial charge on any atom is 0.254 e. The number of rotatable bonds is 2. The normalized spacial score (nSPS) is 12.0. The molecule has 0 aliphatic rings. The summed E-state index contributed by atoms with van der Waals surface area (Å²) in [6.45, 7) is 0. The van der Waals surface area contributed by atoms with E-state index in [2.05, 4.69) is 4.99 Å². The van der Waals surface area contributed by atoms with E-state index in [1.165, 1.54) is 24.3 Å². The van der Waals surface area contributed by atoms with Gasteiger partial charge in [-0.2, -0.15) is 0 Å². The molecule has 0 saturated heterocycles. The van der Waals surface area contributed by atoms with E-state index in [1.54, 1.807) is 6.07 Å². The fraction of sp³-hybridized carbons (Fsp3) is 0. The monoisotopic (exact) mass is 332 g/mol. The summed E-state index contributed by atoms with van der Waals surface area (Å²) in [5, 5.41) is 2.77. The van der Waals surface area contributed by atoms with Crippen LogP contribution in [0.2, 0.25) is 0 Å². The van der Waals surface area contributed by atoms with Crippen LogP contribution in [0.3, 0.4) is 0 Å². The van der Waals surface area contributed by atoms with Gasteiger partial charge in [-0.3, -0.25) is 4.79 Å². The van der Waals surface area contributed by atoms with Gasteiger partial charge in [0.2, 0.25) is 5.55 Å². The molecule has 4 aromatic rings. The number of fused-ring (bicyclic) bond motifs is 3. The van der Waals surface area contributed by atoms with Crippen LogP contribution in [0, 0.1) is 5.82 Å². The van der Waals surface area contributed by atoms with E-state index in [0.29, 0.717) is 11.3 Å². The van der Waals surface area contributed by atoms with Crippen molar-refractivity contribution in [1.29, 1.82) is 0 Å². The Hall–Kier alpha value is -3.47. The van der Waals surface area contributed by atoms with E-state index in [9.17, 15) is 9.18 Å². The van der Waals surface area contributed by atoms with E-state index < -0.39 is 5.91 Å². The van der Waals surface area contributed by atoms with Gasteiger partial charge in [-0.15, -0.1) is 0 Å². The van der Waals surface area contributed by atoms with Crippen LogP contribution in [0.15, 0.2) is 76.1 Å². The second kappa shape index (κ2) is 5.87. The summed E-state index contributed by atoms with van der Waals surface area (Å²) in [6.07, 6.45) is 0. The number of amides is 1. The summed E-state index contributed by atoms with van der Waals surface area (Å²) in [5.74, 6) is -1.00. The quantitative estimate of drug-likeness (QED) is 0.563. The third-order valence-corrected chi connectivity index (χ3v) is 3.98. The Morgan fingerprint density at radius 3 is 2.48 bits per heavy atom. The van der Waals surface area contributed by atoms with Gasteiger partial charge >= 0.3 is 0 Å². The molecule has 0 bridgehead atoms. The molecule has 1 heterocycles. The Bertz CT molecular complexity index is 1180. The van der Waals surface area contributed by atoms with Gasteiger partial charge in [0.15, 0.2) is 0 Å². The molecule has 2 N–H and O–H groups in total. The smallest absolute Gasteiger partial charge is 0.254 e. The lowest BCUT2D eigenvalue weighted by Crippen LogP contribution is -2.21. The summed E-state index contributed by atoms with van der Waals surface area (Å²) in [7, 11) is 0. The summed E-state index contributed by atoms with van der Waals surface area (Å²) >= 11 is 0. The van der Waals surface area contributed by atoms with Crippen molar-refractivity contribution in [3.63, 3.8) is 0 Å². The fourth-order valence-electron chi connectivity index (χ4n) is 2.77. The minimum Gasteiger partial charge on any atom is -0.438 e. The lowest BCUT2D eigenvalue weighted by molar-refractivity contribution is 0.0996. The molecule has 0 spiro atoms. The zero-order valence-corrected chi connectivity index (χ0v) is 13.1. The van der Waals surface area contributed by atoms with Crippen LogP contribution >= 0.6 is 0 Å². The third-order valence-electron chi connectivity index (χ3n) is 3.98. The van der Waals surface area contributed by atoms with Crippen molar-refractivity contribution in [3.8, 4) is 0 Å². The van der Waals surface area contributed by atoms with Gasteiger partial charge in [0.1, 0.15) is 17.0 Å². The molecule has 0 unspecified atom stereocenters. The van der Waals surface area contributed by atoms with Crippen LogP contribution in [-0.2, 0) is 0 Å². The predicted molar refractivity (Wildman–Crippen MR) is 93.9 cm³/mol. The van der Waals surface area contributed by atoms with Crippen molar-refractivity contribution in [2.24, 2.45) is 10.7 Å². The SMILES string of the molecule is NC(=O)c1cc2c(ccc3ccccc32)oc1=Nc1ccc(F)cc1. The summed E-state index contributed by atoms with van der Waals surface area (Å²) < 4.78 is 18.9. The highest BCUT2D eigenvalue weighted by molar-refractivity contribution is 6.07. The number of carbonyl (C=O) groups is 1. The lowest BCUT2D eigenvalue weighted by atomic mass is 10.0. The van der Waals surface area contributed by atoms with E-state index in [0.717, 1.165) is 16.2 Å². The first-order valence-corrected chi connectivity index (χ1v) is 7.67. The van der Waals surface area contributed by atoms with Crippen LogP contribution in [0.25, 0.3) is 21.7 Å². The first-order chi connectivity index (χ1) is 12.1. The molecule has 0 aliphatic carbocycles. The topological polar surface area (TPSA) is 68.6 Å². The molecular weight excluding hydrogens is 319 g/mol. The first kappa shape index (κ1) is 15.1. The van der Waals surface area contributed by atoms with Gasteiger partial charge in [-0.05, 0) is 47.2 Å². The van der Waals surface area contributed by atoms with Gasteiger partial charge in [-0.1, -0.05) is 30.3 Å². The molecule has 0 radical (unpaired) electrons. The molecule has 3 aromatic carbocycles. The van der Waals surface area contributed by atoms with E-state index >= 15 is 0 Å². The molecule has 1 amide bonds. The average molecular weight is 332 g/mol. The summed E-state index contributed by atoms with van der Waals surface area (Å²) in [4.78, 5) is 16.2. The van der Waals surface area contributed by atoms with Gasteiger partial charge in [0.25, 0.3) is 5.91 Å². The van der Waals surface area contributed by atoms with Crippen molar-refractivity contribution in [3.05, 3.63) is 83.7 Å². The average Bonchev–Trinajstić information content (AvgIpc) is 2.62. The molecule has 1 aromatic heterocycles. The van der Waals surface area contributed by atoms with Gasteiger partial charge in [-0.25, -0.2) is 9.38 Å². The molecule has 25 heavy (non-hydrogen) atoms. The zero-order chi connectivity index (χ0) is 17.4. The number of carbonyl (C=O) groups excluding carboxylic acids is 1. The fourth-order valence-corrected chi connectivity index (χ4v) is 2.77. The minimum atomic E-state index is -0.639. The molecule has 4 nitrogen and oxygen atoms in total. The molecule has 122 valence electrons. The molecular formula is C20H13FN2O2. The number of primary amides is 1. The highest BCUT2D eigenvalue weighted by Crippen LogP contribution is 2.25. The number of nitrogens with zero attached hydrogens (tertiary/aromatic N) is 1. The molecule has 5 heteroatoms. The van der Waals surface area contributed by atoms with Gasteiger partial charge in [0, 0.05) is 5.39 Å². The summed E-state index contributed by atoms with van der Waals surface area (Å²) in [5.41, 5.74) is 6.83. The minimum absolute atomic E-state index is 0.0990. The Balaban J connectivity index is 2.04. The maximum absolute atomic E-state index is 13.1. The van der Waals surface area contributed by atoms with Gasteiger partial charge < -0.3 is 10.2 Å². The highest BCUT2D eigenvalue weighted by Gasteiger charge is 2.11. The van der Waals surface area contributed by atoms with Crippen molar-refractivity contribution >= 4 is 33.3 Å². The number of hydrogen-bond donors (Lipinski definition) is 1. The van der Waals surface area contributed by atoms with Crippen molar-refractivity contribution in [2.45, 2.75) is 0 Å². The molecule has 0 aliphatic heterocycles. The Morgan fingerprint density at radius 2 is 1.72 bits per heavy atom. The van der Waals surface area contributed by atoms with E-state index in [4.69, 9.17) is 10.2 Å². The number of nitrogens with two attached hydrogens (primary N) is 1. The van der Waals surface area contributed by atoms with Crippen LogP contribution < -0.4 is 11.3 Å². The van der Waals surface area contributed by atoms with Crippen LogP contribution in [0.5, 0.6) is 0 Å². The third kappa shape index (κ3) is 2.76. The number of hydrogen-bond acceptors (Lipinski definition) is 3. The lowest BCUT2D eigenvalue weighted by Gasteiger charge is -2.05. The number of halogens is 1. The second-order valence-electron chi connectivity index (χ2n) is 5.62. The maximum atomic E-state index is 13.1. The van der Waals surface area contributed by atoms with Crippen LogP contribution in [0.1, 0.15) is 10.4 Å². The predicted octanol–water partition coefficient (Wildman–Crippen LogP) is 4.06. The van der Waals surface area contributed by atoms with E-state index in [-0.39, 0.29) is 16.9 Å². The van der Waals surface area contributed by atoms with Crippen molar-refractivity contribution in [1.82, 2.24) is 0 Å². The Kier molecular flexibility index (Phi) is 3.54. The molecule has 0 atom stereocenters. The Labute approximate surface area is 142 Å². The Morgan fingerprint density at radius 1 is 0.960 bits per heavy atom. The van der Waals surface area contributed by atoms with Crippen LogP contribution in [-0.4, -0.2) is 5.91 Å². The molecule has 0 saturated carbocycles. The first-order valence-electron chi connectivity index (χ1n) is 7.67. The van der Waals surface area contributed by atoms with Crippen LogP contribution in [0.4, 0.5) is 10.1 Å². The highest BCUT2D eigenvalue weighted by atomic mass is 19.1. The molecule has 4 rings (SSSR count). The largest absolute Gasteiger partial charge is 0.438 e. The second-order valence-corrected chi connectivity index (χ2v) is 5.62. The van der Waals surface area contributed by atoms with Crippen molar-refractivity contribution < 1.29 is 13.6 Å².